The largest absolute Gasteiger partial charge is 0.394 e. The van der Waals surface area contributed by atoms with Crippen molar-refractivity contribution in [2.24, 2.45) is 0 Å². The van der Waals surface area contributed by atoms with Gasteiger partial charge in [-0.3, -0.25) is 4.90 Å². The molecule has 0 saturated carbocycles. The summed E-state index contributed by atoms with van der Waals surface area (Å²) in [7, 11) is 0. The van der Waals surface area contributed by atoms with Crippen LogP contribution in [0.1, 0.15) is 6.42 Å². The van der Waals surface area contributed by atoms with Gasteiger partial charge in [0.05, 0.1) is 13.2 Å². The van der Waals surface area contributed by atoms with Crippen molar-refractivity contribution in [1.29, 1.82) is 0 Å². The van der Waals surface area contributed by atoms with E-state index in [0.717, 1.165) is 26.1 Å². The van der Waals surface area contributed by atoms with Gasteiger partial charge in [-0.05, 0) is 6.42 Å². The highest BCUT2D eigenvalue weighted by atomic mass is 16.7. The van der Waals surface area contributed by atoms with Crippen molar-refractivity contribution >= 4 is 0 Å². The van der Waals surface area contributed by atoms with Crippen LogP contribution in [-0.2, 0) is 9.47 Å². The first kappa shape index (κ1) is 15.8. The summed E-state index contributed by atoms with van der Waals surface area (Å²) in [6.45, 7) is 2.70. The summed E-state index contributed by atoms with van der Waals surface area (Å²) in [4.78, 5) is 2.25. The Hall–Kier alpha value is -0.540. The quantitative estimate of drug-likeness (QED) is 0.333. The first-order valence-electron chi connectivity index (χ1n) is 6.93. The van der Waals surface area contributed by atoms with Crippen LogP contribution in [0.2, 0.25) is 0 Å². The van der Waals surface area contributed by atoms with Crippen LogP contribution in [0.25, 0.3) is 0 Å². The van der Waals surface area contributed by atoms with Crippen LogP contribution in [-0.4, -0.2) is 88.9 Å². The zero-order valence-corrected chi connectivity index (χ0v) is 11.3. The first-order chi connectivity index (χ1) is 9.63. The fourth-order valence-corrected chi connectivity index (χ4v) is 2.40. The van der Waals surface area contributed by atoms with E-state index in [0.29, 0.717) is 6.61 Å². The predicted molar refractivity (Wildman–Crippen MR) is 69.9 cm³/mol. The van der Waals surface area contributed by atoms with Crippen LogP contribution in [0.4, 0.5) is 0 Å². The number of aliphatic hydroxyl groups excluding tert-OH is 4. The van der Waals surface area contributed by atoms with Gasteiger partial charge in [0.1, 0.15) is 24.4 Å². The Balaban J connectivity index is 1.70. The number of nitrogens with zero attached hydrogens (tertiary/aromatic N) is 1. The maximum Gasteiger partial charge on any atom is 0.186 e. The van der Waals surface area contributed by atoms with Crippen molar-refractivity contribution in [1.82, 2.24) is 4.90 Å². The molecule has 0 unspecified atom stereocenters. The summed E-state index contributed by atoms with van der Waals surface area (Å²) in [5.41, 5.74) is 0. The van der Waals surface area contributed by atoms with Gasteiger partial charge in [-0.15, -0.1) is 0 Å². The summed E-state index contributed by atoms with van der Waals surface area (Å²) in [5.74, 6) is 0. The lowest BCUT2D eigenvalue weighted by Crippen LogP contribution is -2.59. The molecule has 0 bridgehead atoms. The number of rotatable bonds is 6. The normalized spacial score (nSPS) is 38.5. The Bertz CT molecular complexity index is 316. The third kappa shape index (κ3) is 3.76. The van der Waals surface area contributed by atoms with E-state index >= 15 is 0 Å². The van der Waals surface area contributed by atoms with E-state index < -0.39 is 37.3 Å². The van der Waals surface area contributed by atoms with Gasteiger partial charge in [-0.1, -0.05) is 12.2 Å². The monoisotopic (exact) mass is 289 g/mol. The SMILES string of the molecule is OC[C@H]1O[C@@H](OCCCN2CC=CC2)[C@H](O)[C@@H](O)[C@@H]1O. The molecule has 0 spiro atoms. The molecule has 0 radical (unpaired) electrons. The van der Waals surface area contributed by atoms with E-state index in [1.807, 2.05) is 0 Å². The molecular weight excluding hydrogens is 266 g/mol. The van der Waals surface area contributed by atoms with E-state index in [1.54, 1.807) is 0 Å². The predicted octanol–water partition coefficient (Wildman–Crippen LogP) is -1.94. The molecule has 0 aromatic heterocycles. The first-order valence-corrected chi connectivity index (χ1v) is 6.93. The van der Waals surface area contributed by atoms with Gasteiger partial charge in [-0.2, -0.15) is 0 Å². The van der Waals surface area contributed by atoms with Crippen molar-refractivity contribution in [2.45, 2.75) is 37.1 Å². The van der Waals surface area contributed by atoms with Crippen molar-refractivity contribution in [2.75, 3.05) is 32.8 Å². The third-order valence-electron chi connectivity index (χ3n) is 3.64. The van der Waals surface area contributed by atoms with Gasteiger partial charge in [0.2, 0.25) is 0 Å². The van der Waals surface area contributed by atoms with Crippen LogP contribution in [0.5, 0.6) is 0 Å². The maximum atomic E-state index is 9.77. The van der Waals surface area contributed by atoms with E-state index in [9.17, 15) is 15.3 Å². The molecular formula is C13H23NO6. The molecule has 5 atom stereocenters. The van der Waals surface area contributed by atoms with Crippen molar-refractivity contribution < 1.29 is 29.9 Å². The molecule has 0 aromatic carbocycles. The van der Waals surface area contributed by atoms with E-state index in [4.69, 9.17) is 14.6 Å². The minimum atomic E-state index is -1.38. The topological polar surface area (TPSA) is 103 Å². The molecule has 0 aliphatic carbocycles. The third-order valence-corrected chi connectivity index (χ3v) is 3.64. The lowest BCUT2D eigenvalue weighted by atomic mass is 9.99. The van der Waals surface area contributed by atoms with Crippen LogP contribution in [0.15, 0.2) is 12.2 Å². The minimum Gasteiger partial charge on any atom is -0.394 e. The number of aliphatic hydroxyl groups is 4. The molecule has 0 amide bonds. The summed E-state index contributed by atoms with van der Waals surface area (Å²) >= 11 is 0. The maximum absolute atomic E-state index is 9.77. The molecule has 2 heterocycles. The van der Waals surface area contributed by atoms with Gasteiger partial charge in [0.15, 0.2) is 6.29 Å². The lowest BCUT2D eigenvalue weighted by molar-refractivity contribution is -0.301. The second-order valence-electron chi connectivity index (χ2n) is 5.15. The molecule has 2 rings (SSSR count). The van der Waals surface area contributed by atoms with E-state index in [2.05, 4.69) is 17.1 Å². The number of ether oxygens (including phenoxy) is 2. The molecule has 116 valence electrons. The van der Waals surface area contributed by atoms with Crippen molar-refractivity contribution in [3.63, 3.8) is 0 Å². The standard InChI is InChI=1S/C13H23NO6/c15-8-9-10(16)11(17)12(18)13(20-9)19-7-3-6-14-4-1-2-5-14/h1-2,9-13,15-18H,3-8H2/t9-,10-,11+,12-,13-/m1/s1. The van der Waals surface area contributed by atoms with Crippen molar-refractivity contribution in [3.8, 4) is 0 Å². The molecule has 7 nitrogen and oxygen atoms in total. The Morgan fingerprint density at radius 2 is 1.80 bits per heavy atom. The Morgan fingerprint density at radius 1 is 1.10 bits per heavy atom. The summed E-state index contributed by atoms with van der Waals surface area (Å²) in [6, 6.07) is 0. The van der Waals surface area contributed by atoms with E-state index in [-0.39, 0.29) is 0 Å². The fourth-order valence-electron chi connectivity index (χ4n) is 2.40. The second-order valence-corrected chi connectivity index (χ2v) is 5.15. The van der Waals surface area contributed by atoms with Gasteiger partial charge in [0.25, 0.3) is 0 Å². The van der Waals surface area contributed by atoms with Gasteiger partial charge < -0.3 is 29.9 Å². The number of hydrogen-bond acceptors (Lipinski definition) is 7. The van der Waals surface area contributed by atoms with Gasteiger partial charge in [0, 0.05) is 19.6 Å². The molecule has 4 N–H and O–H groups in total. The minimum absolute atomic E-state index is 0.374. The summed E-state index contributed by atoms with van der Waals surface area (Å²) in [6.07, 6.45) is -0.989. The molecule has 20 heavy (non-hydrogen) atoms. The zero-order chi connectivity index (χ0) is 14.5. The summed E-state index contributed by atoms with van der Waals surface area (Å²) < 4.78 is 10.6. The Kier molecular flexibility index (Phi) is 5.91. The van der Waals surface area contributed by atoms with Gasteiger partial charge in [-0.25, -0.2) is 0 Å². The Labute approximate surface area is 118 Å². The zero-order valence-electron chi connectivity index (χ0n) is 11.3. The van der Waals surface area contributed by atoms with Crippen molar-refractivity contribution in [3.05, 3.63) is 12.2 Å². The number of hydrogen-bond donors (Lipinski definition) is 4. The highest BCUT2D eigenvalue weighted by Crippen LogP contribution is 2.22. The fraction of sp³-hybridized carbons (Fsp3) is 0.846. The molecule has 0 aromatic rings. The highest BCUT2D eigenvalue weighted by Gasteiger charge is 2.43. The van der Waals surface area contributed by atoms with Crippen LogP contribution >= 0.6 is 0 Å². The lowest BCUT2D eigenvalue weighted by Gasteiger charge is -2.39. The average molecular weight is 289 g/mol. The molecule has 7 heteroatoms. The summed E-state index contributed by atoms with van der Waals surface area (Å²) in [5, 5.41) is 38.1. The molecule has 1 saturated heterocycles. The Morgan fingerprint density at radius 3 is 2.45 bits per heavy atom. The smallest absolute Gasteiger partial charge is 0.186 e. The van der Waals surface area contributed by atoms with E-state index in [1.165, 1.54) is 0 Å². The molecule has 2 aliphatic rings. The second kappa shape index (κ2) is 7.46. The molecule has 2 aliphatic heterocycles. The highest BCUT2D eigenvalue weighted by molar-refractivity contribution is 4.95. The van der Waals surface area contributed by atoms with Crippen LogP contribution in [0, 0.1) is 0 Å². The molecule has 1 fully saturated rings. The van der Waals surface area contributed by atoms with Gasteiger partial charge >= 0.3 is 0 Å². The van der Waals surface area contributed by atoms with Crippen LogP contribution in [0.3, 0.4) is 0 Å². The van der Waals surface area contributed by atoms with Crippen LogP contribution < -0.4 is 0 Å². The average Bonchev–Trinajstić information content (AvgIpc) is 2.96.